The highest BCUT2D eigenvalue weighted by Crippen LogP contribution is 2.44. The van der Waals surface area contributed by atoms with Crippen molar-refractivity contribution in [2.45, 2.75) is 64.6 Å². The fourth-order valence-electron chi connectivity index (χ4n) is 5.46. The highest BCUT2D eigenvalue weighted by Gasteiger charge is 2.30. The normalized spacial score (nSPS) is 12.9. The molecule has 4 amide bonds. The molecule has 0 fully saturated rings. The fraction of sp³-hybridized carbons (Fsp3) is 0.389. The number of nitrogens with zero attached hydrogens (tertiary/aromatic N) is 1. The van der Waals surface area contributed by atoms with Crippen LogP contribution in [0.3, 0.4) is 0 Å². The number of halogens is 1. The van der Waals surface area contributed by atoms with Gasteiger partial charge in [0.25, 0.3) is 0 Å². The van der Waals surface area contributed by atoms with Crippen LogP contribution in [0.4, 0.5) is 15.3 Å². The minimum absolute atomic E-state index is 0.0545. The molecule has 3 aromatic rings. The number of amides is 4. The molecule has 4 rings (SSSR count). The van der Waals surface area contributed by atoms with Gasteiger partial charge in [-0.1, -0.05) is 68.4 Å². The number of carbonyl (C=O) groups is 4. The molecule has 1 unspecified atom stereocenters. The van der Waals surface area contributed by atoms with E-state index in [0.717, 1.165) is 33.4 Å². The first-order valence-electron chi connectivity index (χ1n) is 15.6. The van der Waals surface area contributed by atoms with Gasteiger partial charge in [0, 0.05) is 31.1 Å². The smallest absolute Gasteiger partial charge is 0.409 e. The van der Waals surface area contributed by atoms with Gasteiger partial charge in [-0.25, -0.2) is 9.59 Å². The molecule has 11 heteroatoms. The van der Waals surface area contributed by atoms with Gasteiger partial charge in [0.15, 0.2) is 0 Å². The number of alkyl halides is 1. The molecule has 10 nitrogen and oxygen atoms in total. The fourth-order valence-corrected chi connectivity index (χ4v) is 5.72. The average molecular weight is 663 g/mol. The summed E-state index contributed by atoms with van der Waals surface area (Å²) in [5.41, 5.74) is 5.86. The number of hydrogen-bond donors (Lipinski definition) is 3. The minimum Gasteiger partial charge on any atom is -0.448 e. The van der Waals surface area contributed by atoms with Crippen LogP contribution < -0.4 is 16.0 Å². The maximum Gasteiger partial charge on any atom is 0.409 e. The number of alkyl carbamates (subject to hydrolysis) is 1. The summed E-state index contributed by atoms with van der Waals surface area (Å²) in [5.74, 6) is -1.07. The van der Waals surface area contributed by atoms with E-state index in [9.17, 15) is 19.2 Å². The Morgan fingerprint density at radius 3 is 2.11 bits per heavy atom. The minimum atomic E-state index is -0.888. The molecule has 0 radical (unpaired) electrons. The van der Waals surface area contributed by atoms with Crippen LogP contribution in [0.25, 0.3) is 11.1 Å². The van der Waals surface area contributed by atoms with Crippen molar-refractivity contribution in [3.8, 4) is 11.1 Å². The number of hydrogen-bond acceptors (Lipinski definition) is 6. The van der Waals surface area contributed by atoms with E-state index < -0.39 is 35.6 Å². The lowest BCUT2D eigenvalue weighted by molar-refractivity contribution is -0.126. The Kier molecular flexibility index (Phi) is 11.5. The van der Waals surface area contributed by atoms with E-state index >= 15 is 0 Å². The number of anilines is 1. The summed E-state index contributed by atoms with van der Waals surface area (Å²) in [7, 11) is 1.65. The number of ether oxygens (including phenoxy) is 2. The Balaban J connectivity index is 1.33. The first-order valence-corrected chi connectivity index (χ1v) is 16.1. The third-order valence-electron chi connectivity index (χ3n) is 7.73. The lowest BCUT2D eigenvalue weighted by atomic mass is 9.98. The van der Waals surface area contributed by atoms with E-state index in [1.54, 1.807) is 59.9 Å². The third-order valence-corrected chi connectivity index (χ3v) is 8.02. The van der Waals surface area contributed by atoms with Gasteiger partial charge in [-0.3, -0.25) is 9.59 Å². The van der Waals surface area contributed by atoms with Crippen molar-refractivity contribution < 1.29 is 28.7 Å². The zero-order valence-electron chi connectivity index (χ0n) is 27.7. The largest absolute Gasteiger partial charge is 0.448 e. The second kappa shape index (κ2) is 15.3. The van der Waals surface area contributed by atoms with Gasteiger partial charge in [0.2, 0.25) is 11.8 Å². The lowest BCUT2D eigenvalue weighted by Crippen LogP contribution is -2.52. The summed E-state index contributed by atoms with van der Waals surface area (Å²) in [6.07, 6.45) is -1.20. The van der Waals surface area contributed by atoms with Crippen molar-refractivity contribution in [2.24, 2.45) is 5.92 Å². The first-order chi connectivity index (χ1) is 22.3. The molecule has 250 valence electrons. The number of fused-ring (bicyclic) bond motifs is 3. The maximum atomic E-state index is 13.1. The molecule has 0 spiro atoms. The highest BCUT2D eigenvalue weighted by atomic mass is 35.5. The molecule has 0 bridgehead atoms. The molecule has 0 aromatic heterocycles. The topological polar surface area (TPSA) is 126 Å². The van der Waals surface area contributed by atoms with Crippen LogP contribution in [0.2, 0.25) is 0 Å². The predicted octanol–water partition coefficient (Wildman–Crippen LogP) is 6.41. The summed E-state index contributed by atoms with van der Waals surface area (Å²) < 4.78 is 11.0. The Labute approximate surface area is 281 Å². The Hall–Kier alpha value is -4.57. The predicted molar refractivity (Wildman–Crippen MR) is 182 cm³/mol. The number of benzene rings is 3. The average Bonchev–Trinajstić information content (AvgIpc) is 3.34. The summed E-state index contributed by atoms with van der Waals surface area (Å²) >= 11 is 6.20. The maximum absolute atomic E-state index is 13.1. The van der Waals surface area contributed by atoms with E-state index in [0.29, 0.717) is 5.69 Å². The van der Waals surface area contributed by atoms with E-state index in [4.69, 9.17) is 21.1 Å². The molecule has 0 heterocycles. The van der Waals surface area contributed by atoms with Gasteiger partial charge in [0.05, 0.1) is 6.54 Å². The molecule has 0 aliphatic heterocycles. The number of rotatable bonds is 11. The van der Waals surface area contributed by atoms with Crippen molar-refractivity contribution in [1.29, 1.82) is 0 Å². The zero-order valence-corrected chi connectivity index (χ0v) is 28.4. The molecule has 1 aliphatic rings. The van der Waals surface area contributed by atoms with Crippen LogP contribution in [0, 0.1) is 5.92 Å². The van der Waals surface area contributed by atoms with Gasteiger partial charge < -0.3 is 30.3 Å². The van der Waals surface area contributed by atoms with Crippen molar-refractivity contribution in [1.82, 2.24) is 15.5 Å². The van der Waals surface area contributed by atoms with Crippen molar-refractivity contribution >= 4 is 41.3 Å². The summed E-state index contributed by atoms with van der Waals surface area (Å²) in [6, 6.07) is 20.6. The van der Waals surface area contributed by atoms with Crippen LogP contribution in [0.5, 0.6) is 0 Å². The lowest BCUT2D eigenvalue weighted by Gasteiger charge is -2.25. The number of nitrogens with one attached hydrogen (secondary N) is 3. The molecule has 3 aromatic carbocycles. The first kappa shape index (κ1) is 35.3. The quantitative estimate of drug-likeness (QED) is 0.204. The van der Waals surface area contributed by atoms with Crippen molar-refractivity contribution in [2.75, 3.05) is 25.5 Å². The van der Waals surface area contributed by atoms with Crippen LogP contribution in [-0.2, 0) is 31.5 Å². The van der Waals surface area contributed by atoms with Gasteiger partial charge in [0.1, 0.15) is 18.2 Å². The molecular weight excluding hydrogens is 620 g/mol. The highest BCUT2D eigenvalue weighted by molar-refractivity contribution is 6.17. The van der Waals surface area contributed by atoms with Gasteiger partial charge in [-0.2, -0.15) is 0 Å². The molecule has 1 atom stereocenters. The van der Waals surface area contributed by atoms with Crippen molar-refractivity contribution in [3.63, 3.8) is 0 Å². The SMILES string of the molecule is CC(C)C(NC(=O)OC(C)(C)C)C(=O)NCC(=O)Nc1ccc(CCl)c(CN(C)C(=O)OCC2c3ccccc3-c3ccccc32)c1. The number of carbonyl (C=O) groups excluding carboxylic acids is 4. The summed E-state index contributed by atoms with van der Waals surface area (Å²) in [5, 5.41) is 7.91. The summed E-state index contributed by atoms with van der Waals surface area (Å²) in [4.78, 5) is 52.3. The van der Waals surface area contributed by atoms with Gasteiger partial charge >= 0.3 is 12.2 Å². The Morgan fingerprint density at radius 1 is 0.915 bits per heavy atom. The molecule has 1 aliphatic carbocycles. The van der Waals surface area contributed by atoms with E-state index in [2.05, 4.69) is 40.2 Å². The van der Waals surface area contributed by atoms with Crippen LogP contribution in [-0.4, -0.2) is 60.7 Å². The molecule has 0 saturated carbocycles. The Morgan fingerprint density at radius 2 is 1.53 bits per heavy atom. The van der Waals surface area contributed by atoms with Crippen LogP contribution in [0.15, 0.2) is 66.7 Å². The van der Waals surface area contributed by atoms with Gasteiger partial charge in [-0.05, 0) is 72.2 Å². The van der Waals surface area contributed by atoms with Gasteiger partial charge in [-0.15, -0.1) is 11.6 Å². The Bertz CT molecular complexity index is 1570. The molecule has 3 N–H and O–H groups in total. The van der Waals surface area contributed by atoms with E-state index in [1.807, 2.05) is 24.3 Å². The summed E-state index contributed by atoms with van der Waals surface area (Å²) in [6.45, 7) is 8.83. The second-order valence-corrected chi connectivity index (χ2v) is 13.2. The van der Waals surface area contributed by atoms with E-state index in [-0.39, 0.29) is 37.4 Å². The third kappa shape index (κ3) is 9.25. The van der Waals surface area contributed by atoms with E-state index in [1.165, 1.54) is 4.90 Å². The molecular formula is C36H43ClN4O6. The van der Waals surface area contributed by atoms with Crippen LogP contribution in [0.1, 0.15) is 62.8 Å². The second-order valence-electron chi connectivity index (χ2n) is 12.9. The standard InChI is InChI=1S/C36H43ClN4O6/c1-22(2)32(40-34(44)47-36(3,4)5)33(43)38-19-31(42)39-25-16-15-23(18-37)24(17-25)20-41(6)35(45)46-21-30-28-13-9-7-11-26(28)27-12-8-10-14-29(27)30/h7-17,22,30,32H,18-21H2,1-6H3,(H,38,43)(H,39,42)(H,40,44). The zero-order chi connectivity index (χ0) is 34.3. The van der Waals surface area contributed by atoms with Crippen molar-refractivity contribution in [3.05, 3.63) is 89.0 Å². The monoisotopic (exact) mass is 662 g/mol. The molecule has 0 saturated heterocycles. The van der Waals surface area contributed by atoms with Crippen LogP contribution >= 0.6 is 11.6 Å². The molecule has 47 heavy (non-hydrogen) atoms.